The van der Waals surface area contributed by atoms with Crippen LogP contribution in [0.25, 0.3) is 17.0 Å². The van der Waals surface area contributed by atoms with Gasteiger partial charge in [0.2, 0.25) is 5.89 Å². The van der Waals surface area contributed by atoms with E-state index >= 15 is 0 Å². The fourth-order valence-electron chi connectivity index (χ4n) is 1.74. The Morgan fingerprint density at radius 3 is 3.06 bits per heavy atom. The van der Waals surface area contributed by atoms with Crippen molar-refractivity contribution in [2.45, 2.75) is 13.3 Å². The van der Waals surface area contributed by atoms with Gasteiger partial charge in [-0.15, -0.1) is 0 Å². The number of fused-ring (bicyclic) bond motifs is 1. The molecule has 0 radical (unpaired) electrons. The van der Waals surface area contributed by atoms with E-state index in [4.69, 9.17) is 4.42 Å². The maximum absolute atomic E-state index is 5.47. The Hall–Kier alpha value is -1.62. The number of hydrogen-bond donors (Lipinski definition) is 0. The van der Waals surface area contributed by atoms with Gasteiger partial charge in [0, 0.05) is 0 Å². The van der Waals surface area contributed by atoms with Gasteiger partial charge in [0.1, 0.15) is 10.9 Å². The summed E-state index contributed by atoms with van der Waals surface area (Å²) in [5, 5.41) is 4.30. The Morgan fingerprint density at radius 1 is 1.41 bits per heavy atom. The molecule has 0 aliphatic rings. The molecule has 17 heavy (non-hydrogen) atoms. The van der Waals surface area contributed by atoms with E-state index in [9.17, 15) is 0 Å². The third-order valence-corrected chi connectivity index (χ3v) is 3.24. The van der Waals surface area contributed by atoms with Gasteiger partial charge in [-0.1, -0.05) is 13.0 Å². The molecule has 3 rings (SSSR count). The quantitative estimate of drug-likeness (QED) is 0.680. The van der Waals surface area contributed by atoms with Crippen LogP contribution in [-0.2, 0) is 6.42 Å². The van der Waals surface area contributed by atoms with Crippen LogP contribution in [0.15, 0.2) is 39.7 Å². The summed E-state index contributed by atoms with van der Waals surface area (Å²) < 4.78 is 8.18. The highest BCUT2D eigenvalue weighted by Gasteiger charge is 2.12. The largest absolute Gasteiger partial charge is 0.444 e. The summed E-state index contributed by atoms with van der Waals surface area (Å²) in [4.78, 5) is 4.42. The van der Waals surface area contributed by atoms with Crippen molar-refractivity contribution in [2.75, 3.05) is 0 Å². The number of aryl methyl sites for hydroxylation is 1. The van der Waals surface area contributed by atoms with Crippen LogP contribution in [0.2, 0.25) is 0 Å². The number of hydrogen-bond acceptors (Lipinski definition) is 3. The molecule has 0 spiro atoms. The molecule has 4 nitrogen and oxygen atoms in total. The third kappa shape index (κ3) is 1.67. The zero-order valence-corrected chi connectivity index (χ0v) is 10.8. The minimum absolute atomic E-state index is 0.620. The smallest absolute Gasteiger partial charge is 0.229 e. The minimum atomic E-state index is 0.620. The second kappa shape index (κ2) is 4.00. The van der Waals surface area contributed by atoms with Gasteiger partial charge in [0.05, 0.1) is 23.0 Å². The van der Waals surface area contributed by atoms with Crippen LogP contribution in [0, 0.1) is 0 Å². The number of rotatable bonds is 2. The number of halogens is 1. The average molecular weight is 292 g/mol. The van der Waals surface area contributed by atoms with Gasteiger partial charge in [-0.3, -0.25) is 0 Å². The van der Waals surface area contributed by atoms with Crippen LogP contribution in [0.4, 0.5) is 0 Å². The second-order valence-electron chi connectivity index (χ2n) is 3.70. The molecule has 0 aliphatic heterocycles. The first-order valence-corrected chi connectivity index (χ1v) is 6.16. The zero-order valence-electron chi connectivity index (χ0n) is 9.22. The van der Waals surface area contributed by atoms with Crippen LogP contribution in [0.1, 0.15) is 12.6 Å². The summed E-state index contributed by atoms with van der Waals surface area (Å²) in [7, 11) is 0. The van der Waals surface area contributed by atoms with Gasteiger partial charge in [-0.05, 0) is 34.5 Å². The van der Waals surface area contributed by atoms with Gasteiger partial charge in [-0.2, -0.15) is 5.10 Å². The van der Waals surface area contributed by atoms with E-state index in [0.29, 0.717) is 5.89 Å². The van der Waals surface area contributed by atoms with Crippen LogP contribution < -0.4 is 0 Å². The van der Waals surface area contributed by atoms with Gasteiger partial charge in [0.15, 0.2) is 0 Å². The number of aromatic nitrogens is 3. The van der Waals surface area contributed by atoms with Crippen LogP contribution in [-0.4, -0.2) is 14.6 Å². The molecule has 3 heterocycles. The maximum atomic E-state index is 5.47. The fraction of sp³-hybridized carbons (Fsp3) is 0.167. The molecule has 0 amide bonds. The van der Waals surface area contributed by atoms with E-state index in [1.54, 1.807) is 12.5 Å². The Morgan fingerprint density at radius 2 is 2.29 bits per heavy atom. The molecule has 5 heteroatoms. The lowest BCUT2D eigenvalue weighted by Crippen LogP contribution is -1.87. The molecule has 3 aromatic heterocycles. The van der Waals surface area contributed by atoms with E-state index in [2.05, 4.69) is 26.0 Å². The molecule has 3 aromatic rings. The van der Waals surface area contributed by atoms with E-state index < -0.39 is 0 Å². The molecule has 0 unspecified atom stereocenters. The van der Waals surface area contributed by atoms with Crippen molar-refractivity contribution in [1.82, 2.24) is 14.6 Å². The van der Waals surface area contributed by atoms with Crippen molar-refractivity contribution in [3.63, 3.8) is 0 Å². The van der Waals surface area contributed by atoms with Gasteiger partial charge in [0.25, 0.3) is 0 Å². The lowest BCUT2D eigenvalue weighted by atomic mass is 10.2. The molecule has 0 fully saturated rings. The van der Waals surface area contributed by atoms with Gasteiger partial charge >= 0.3 is 0 Å². The first-order chi connectivity index (χ1) is 8.29. The second-order valence-corrected chi connectivity index (χ2v) is 4.51. The topological polar surface area (TPSA) is 43.3 Å². The summed E-state index contributed by atoms with van der Waals surface area (Å²) in [6.45, 7) is 2.05. The molecule has 0 N–H and O–H groups in total. The Balaban J connectivity index is 2.20. The fourth-order valence-corrected chi connectivity index (χ4v) is 2.17. The van der Waals surface area contributed by atoms with Gasteiger partial charge < -0.3 is 4.42 Å². The van der Waals surface area contributed by atoms with E-state index in [0.717, 1.165) is 27.8 Å². The molecule has 86 valence electrons. The van der Waals surface area contributed by atoms with Crippen LogP contribution >= 0.6 is 15.9 Å². The first-order valence-electron chi connectivity index (χ1n) is 5.36. The summed E-state index contributed by atoms with van der Waals surface area (Å²) in [6.07, 6.45) is 4.33. The van der Waals surface area contributed by atoms with Crippen molar-refractivity contribution in [1.29, 1.82) is 0 Å². The van der Waals surface area contributed by atoms with Crippen molar-refractivity contribution in [2.24, 2.45) is 0 Å². The Kier molecular flexibility index (Phi) is 2.48. The molecular formula is C12H10BrN3O. The molecule has 0 aliphatic carbocycles. The molecule has 0 atom stereocenters. The summed E-state index contributed by atoms with van der Waals surface area (Å²) >= 11 is 3.45. The number of pyridine rings is 1. The third-order valence-electron chi connectivity index (χ3n) is 2.64. The van der Waals surface area contributed by atoms with Gasteiger partial charge in [-0.25, -0.2) is 9.50 Å². The molecule has 0 aromatic carbocycles. The lowest BCUT2D eigenvalue weighted by molar-refractivity contribution is 0.573. The SMILES string of the molecule is CCc1coc(-c2cnn3c(Br)cccc23)n1. The zero-order chi connectivity index (χ0) is 11.8. The van der Waals surface area contributed by atoms with Crippen LogP contribution in [0.3, 0.4) is 0 Å². The summed E-state index contributed by atoms with van der Waals surface area (Å²) in [5.74, 6) is 0.620. The highest BCUT2D eigenvalue weighted by molar-refractivity contribution is 9.10. The standard InChI is InChI=1S/C12H10BrN3O/c1-2-8-7-17-12(15-8)9-6-14-16-10(9)4-3-5-11(16)13/h3-7H,2H2,1H3. The normalized spacial score (nSPS) is 11.2. The maximum Gasteiger partial charge on any atom is 0.229 e. The highest BCUT2D eigenvalue weighted by atomic mass is 79.9. The average Bonchev–Trinajstić information content (AvgIpc) is 2.94. The van der Waals surface area contributed by atoms with Crippen molar-refractivity contribution >= 4 is 21.4 Å². The lowest BCUT2D eigenvalue weighted by Gasteiger charge is -1.96. The molecule has 0 bridgehead atoms. The van der Waals surface area contributed by atoms with E-state index in [1.165, 1.54) is 0 Å². The van der Waals surface area contributed by atoms with E-state index in [1.807, 2.05) is 29.6 Å². The monoisotopic (exact) mass is 291 g/mol. The van der Waals surface area contributed by atoms with Crippen molar-refractivity contribution in [3.8, 4) is 11.5 Å². The first kappa shape index (κ1) is 10.5. The highest BCUT2D eigenvalue weighted by Crippen LogP contribution is 2.25. The predicted molar refractivity (Wildman–Crippen MR) is 67.8 cm³/mol. The summed E-state index contributed by atoms with van der Waals surface area (Å²) in [5.41, 5.74) is 2.84. The minimum Gasteiger partial charge on any atom is -0.444 e. The molecule has 0 saturated carbocycles. The number of oxazole rings is 1. The molecular weight excluding hydrogens is 282 g/mol. The predicted octanol–water partition coefficient (Wildman–Crippen LogP) is 3.31. The summed E-state index contributed by atoms with van der Waals surface area (Å²) in [6, 6.07) is 5.90. The Labute approximate surface area is 106 Å². The van der Waals surface area contributed by atoms with Crippen molar-refractivity contribution < 1.29 is 4.42 Å². The van der Waals surface area contributed by atoms with Crippen molar-refractivity contribution in [3.05, 3.63) is 41.0 Å². The van der Waals surface area contributed by atoms with E-state index in [-0.39, 0.29) is 0 Å². The number of nitrogens with zero attached hydrogens (tertiary/aromatic N) is 3. The Bertz CT molecular complexity index is 671. The molecule has 0 saturated heterocycles. The van der Waals surface area contributed by atoms with Crippen LogP contribution in [0.5, 0.6) is 0 Å².